The summed E-state index contributed by atoms with van der Waals surface area (Å²) in [5.41, 5.74) is 4.97. The lowest BCUT2D eigenvalue weighted by atomic mass is 10.0. The van der Waals surface area contributed by atoms with Crippen molar-refractivity contribution >= 4 is 22.6 Å². The SMILES string of the molecule is C1=C2Cc3cc1c1c2onc1c3. The number of rotatable bonds is 0. The van der Waals surface area contributed by atoms with E-state index in [0.717, 1.165) is 17.7 Å². The molecule has 1 aromatic carbocycles. The molecule has 2 aliphatic carbocycles. The Morgan fingerprint density at radius 2 is 2.33 bits per heavy atom. The van der Waals surface area contributed by atoms with Gasteiger partial charge in [-0.05, 0) is 23.3 Å². The molecule has 0 saturated carbocycles. The molecular weight excluding hydrogens is 150 g/mol. The molecule has 2 nitrogen and oxygen atoms in total. The lowest BCUT2D eigenvalue weighted by molar-refractivity contribution is 0.417. The normalized spacial score (nSPS) is 16.5. The maximum atomic E-state index is 5.25. The molecule has 0 fully saturated rings. The second-order valence-corrected chi connectivity index (χ2v) is 3.44. The summed E-state index contributed by atoms with van der Waals surface area (Å²) in [4.78, 5) is 0. The summed E-state index contributed by atoms with van der Waals surface area (Å²) in [6, 6.07) is 4.34. The van der Waals surface area contributed by atoms with Crippen LogP contribution in [0.25, 0.3) is 22.6 Å². The number of benzene rings is 1. The fourth-order valence-corrected chi connectivity index (χ4v) is 2.21. The average molecular weight is 155 g/mol. The zero-order valence-electron chi connectivity index (χ0n) is 6.29. The Kier molecular flexibility index (Phi) is 0.571. The zero-order valence-corrected chi connectivity index (χ0v) is 6.29. The van der Waals surface area contributed by atoms with Gasteiger partial charge in [-0.2, -0.15) is 0 Å². The van der Waals surface area contributed by atoms with Gasteiger partial charge in [-0.1, -0.05) is 11.2 Å². The van der Waals surface area contributed by atoms with Gasteiger partial charge in [0.2, 0.25) is 0 Å². The highest BCUT2D eigenvalue weighted by atomic mass is 16.5. The van der Waals surface area contributed by atoms with Crippen molar-refractivity contribution in [2.75, 3.05) is 0 Å². The number of hydrogen-bond acceptors (Lipinski definition) is 2. The van der Waals surface area contributed by atoms with Crippen molar-refractivity contribution in [1.82, 2.24) is 5.16 Å². The van der Waals surface area contributed by atoms with Crippen LogP contribution in [0.1, 0.15) is 16.9 Å². The molecule has 0 unspecified atom stereocenters. The molecule has 0 amide bonds. The first-order chi connectivity index (χ1) is 5.92. The molecule has 1 aromatic heterocycles. The molecule has 0 atom stereocenters. The number of allylic oxidation sites excluding steroid dienone is 1. The minimum absolute atomic E-state index is 1.00. The highest BCUT2D eigenvalue weighted by Crippen LogP contribution is 2.42. The average Bonchev–Trinajstić information content (AvgIpc) is 2.53. The van der Waals surface area contributed by atoms with Gasteiger partial charge in [-0.3, -0.25) is 0 Å². The molecule has 1 heterocycles. The molecule has 0 saturated heterocycles. The van der Waals surface area contributed by atoms with Gasteiger partial charge >= 0.3 is 0 Å². The van der Waals surface area contributed by atoms with Crippen LogP contribution in [-0.4, -0.2) is 5.16 Å². The quantitative estimate of drug-likeness (QED) is 0.583. The Balaban J connectivity index is 2.50. The molecule has 56 valence electrons. The van der Waals surface area contributed by atoms with Crippen LogP contribution in [0.3, 0.4) is 0 Å². The van der Waals surface area contributed by atoms with Crippen LogP contribution in [0, 0.1) is 0 Å². The molecule has 0 radical (unpaired) electrons. The van der Waals surface area contributed by atoms with Gasteiger partial charge in [0, 0.05) is 12.0 Å². The van der Waals surface area contributed by atoms with Gasteiger partial charge < -0.3 is 4.52 Å². The first-order valence-corrected chi connectivity index (χ1v) is 4.05. The van der Waals surface area contributed by atoms with Gasteiger partial charge in [0.25, 0.3) is 0 Å². The summed E-state index contributed by atoms with van der Waals surface area (Å²) < 4.78 is 5.25. The molecule has 0 aliphatic heterocycles. The van der Waals surface area contributed by atoms with E-state index in [1.54, 1.807) is 0 Å². The van der Waals surface area contributed by atoms with Crippen molar-refractivity contribution in [3.05, 3.63) is 29.0 Å². The highest BCUT2D eigenvalue weighted by molar-refractivity contribution is 6.09. The number of hydrogen-bond donors (Lipinski definition) is 0. The first-order valence-electron chi connectivity index (χ1n) is 4.05. The van der Waals surface area contributed by atoms with Gasteiger partial charge in [0.1, 0.15) is 5.52 Å². The first kappa shape index (κ1) is 5.14. The number of aromatic nitrogens is 1. The van der Waals surface area contributed by atoms with Gasteiger partial charge in [-0.15, -0.1) is 0 Å². The lowest BCUT2D eigenvalue weighted by Crippen LogP contribution is -1.90. The van der Waals surface area contributed by atoms with Crippen LogP contribution < -0.4 is 0 Å². The Bertz CT molecular complexity index is 548. The third-order valence-corrected chi connectivity index (χ3v) is 2.69. The molecule has 2 aliphatic rings. The molecule has 4 rings (SSSR count). The van der Waals surface area contributed by atoms with E-state index in [0.29, 0.717) is 0 Å². The standard InChI is InChI=1S/C10H5NO/c1-5-2-7-4-6(1)9-8(3-5)11-12-10(7)9/h1,3-4H,2H2. The van der Waals surface area contributed by atoms with E-state index in [4.69, 9.17) is 4.52 Å². The number of nitrogens with zero attached hydrogens (tertiary/aromatic N) is 1. The maximum Gasteiger partial charge on any atom is 0.171 e. The van der Waals surface area contributed by atoms with E-state index in [1.165, 1.54) is 22.1 Å². The summed E-state index contributed by atoms with van der Waals surface area (Å²) in [5.74, 6) is 1.00. The summed E-state index contributed by atoms with van der Waals surface area (Å²) in [6.07, 6.45) is 3.22. The Hall–Kier alpha value is -1.57. The van der Waals surface area contributed by atoms with Crippen LogP contribution in [0.5, 0.6) is 0 Å². The Morgan fingerprint density at radius 3 is 3.33 bits per heavy atom. The third kappa shape index (κ3) is 0.371. The number of fused-ring (bicyclic) bond motifs is 2. The van der Waals surface area contributed by atoms with E-state index in [-0.39, 0.29) is 0 Å². The Morgan fingerprint density at radius 1 is 1.33 bits per heavy atom. The fourth-order valence-electron chi connectivity index (χ4n) is 2.21. The minimum Gasteiger partial charge on any atom is -0.355 e. The second kappa shape index (κ2) is 1.33. The van der Waals surface area contributed by atoms with Crippen molar-refractivity contribution < 1.29 is 4.52 Å². The summed E-state index contributed by atoms with van der Waals surface area (Å²) in [7, 11) is 0. The molecule has 12 heavy (non-hydrogen) atoms. The fraction of sp³-hybridized carbons (Fsp3) is 0.100. The van der Waals surface area contributed by atoms with Gasteiger partial charge in [0.05, 0.1) is 5.39 Å². The van der Waals surface area contributed by atoms with Crippen molar-refractivity contribution in [2.45, 2.75) is 6.42 Å². The van der Waals surface area contributed by atoms with E-state index in [2.05, 4.69) is 23.4 Å². The summed E-state index contributed by atoms with van der Waals surface area (Å²) >= 11 is 0. The van der Waals surface area contributed by atoms with E-state index in [9.17, 15) is 0 Å². The molecule has 0 spiro atoms. The third-order valence-electron chi connectivity index (χ3n) is 2.69. The molecule has 3 bridgehead atoms. The summed E-state index contributed by atoms with van der Waals surface area (Å²) in [5, 5.41) is 5.22. The van der Waals surface area contributed by atoms with Crippen molar-refractivity contribution in [3.8, 4) is 0 Å². The predicted molar refractivity (Wildman–Crippen MR) is 45.6 cm³/mol. The molecule has 0 N–H and O–H groups in total. The van der Waals surface area contributed by atoms with Crippen LogP contribution in [-0.2, 0) is 6.42 Å². The van der Waals surface area contributed by atoms with E-state index >= 15 is 0 Å². The topological polar surface area (TPSA) is 26.0 Å². The van der Waals surface area contributed by atoms with Crippen molar-refractivity contribution in [1.29, 1.82) is 0 Å². The van der Waals surface area contributed by atoms with Crippen LogP contribution in [0.15, 0.2) is 16.7 Å². The monoisotopic (exact) mass is 155 g/mol. The van der Waals surface area contributed by atoms with E-state index < -0.39 is 0 Å². The smallest absolute Gasteiger partial charge is 0.171 e. The minimum atomic E-state index is 1.00. The van der Waals surface area contributed by atoms with Crippen LogP contribution in [0.4, 0.5) is 0 Å². The highest BCUT2D eigenvalue weighted by Gasteiger charge is 2.26. The van der Waals surface area contributed by atoms with Gasteiger partial charge in [-0.25, -0.2) is 0 Å². The molecule has 2 heteroatoms. The van der Waals surface area contributed by atoms with Crippen molar-refractivity contribution in [3.63, 3.8) is 0 Å². The summed E-state index contributed by atoms with van der Waals surface area (Å²) in [6.45, 7) is 0. The van der Waals surface area contributed by atoms with Crippen LogP contribution >= 0.6 is 0 Å². The second-order valence-electron chi connectivity index (χ2n) is 3.44. The zero-order chi connectivity index (χ0) is 7.71. The largest absolute Gasteiger partial charge is 0.355 e. The molecular formula is C10H5NO. The van der Waals surface area contributed by atoms with Crippen LogP contribution in [0.2, 0.25) is 0 Å². The molecule has 2 aromatic rings. The van der Waals surface area contributed by atoms with Gasteiger partial charge in [0.15, 0.2) is 5.76 Å². The lowest BCUT2D eigenvalue weighted by Gasteiger charge is -2.05. The predicted octanol–water partition coefficient (Wildman–Crippen LogP) is 2.24. The maximum absolute atomic E-state index is 5.25. The van der Waals surface area contributed by atoms with E-state index in [1.807, 2.05) is 0 Å². The Labute approximate surface area is 68.5 Å². The van der Waals surface area contributed by atoms with Crippen molar-refractivity contribution in [2.24, 2.45) is 0 Å².